The summed E-state index contributed by atoms with van der Waals surface area (Å²) in [5.74, 6) is 0. The zero-order valence-electron chi connectivity index (χ0n) is 14.7. The van der Waals surface area contributed by atoms with Crippen LogP contribution in [0.1, 0.15) is 51.2 Å². The van der Waals surface area contributed by atoms with Crippen LogP contribution in [0.3, 0.4) is 0 Å². The number of halogens is 2. The molecule has 2 aromatic rings. The largest absolute Gasteiger partial charge is 0.387 e. The Balaban J connectivity index is 0.00000288. The van der Waals surface area contributed by atoms with Crippen LogP contribution < -0.4 is 0 Å². The average Bonchev–Trinajstić information content (AvgIpc) is 2.57. The van der Waals surface area contributed by atoms with E-state index in [2.05, 4.69) is 18.7 Å². The molecule has 1 unspecified atom stereocenters. The lowest BCUT2D eigenvalue weighted by molar-refractivity contribution is 0.112. The lowest BCUT2D eigenvalue weighted by atomic mass is 10.00. The molecule has 24 heavy (non-hydrogen) atoms. The first-order valence-electron chi connectivity index (χ1n) is 8.75. The molecule has 0 saturated carbocycles. The molecule has 0 saturated heterocycles. The van der Waals surface area contributed by atoms with E-state index in [1.54, 1.807) is 0 Å². The summed E-state index contributed by atoms with van der Waals surface area (Å²) in [6.45, 7) is 7.21. The van der Waals surface area contributed by atoms with Crippen molar-refractivity contribution in [2.24, 2.45) is 0 Å². The summed E-state index contributed by atoms with van der Waals surface area (Å²) < 4.78 is 0. The molecule has 0 aromatic heterocycles. The van der Waals surface area contributed by atoms with Gasteiger partial charge in [-0.3, -0.25) is 0 Å². The fraction of sp³-hybridized carbons (Fsp3) is 0.500. The summed E-state index contributed by atoms with van der Waals surface area (Å²) in [6, 6.07) is 11.9. The first-order valence-corrected chi connectivity index (χ1v) is 9.12. The highest BCUT2D eigenvalue weighted by Gasteiger charge is 2.16. The summed E-state index contributed by atoms with van der Waals surface area (Å²) in [7, 11) is 0. The van der Waals surface area contributed by atoms with Crippen LogP contribution in [0.25, 0.3) is 10.8 Å². The molecule has 2 aromatic carbocycles. The van der Waals surface area contributed by atoms with Crippen molar-refractivity contribution in [3.05, 3.63) is 47.0 Å². The highest BCUT2D eigenvalue weighted by atomic mass is 35.5. The van der Waals surface area contributed by atoms with Gasteiger partial charge in [0.25, 0.3) is 0 Å². The second-order valence-corrected chi connectivity index (χ2v) is 6.61. The molecule has 0 aliphatic heterocycles. The predicted octanol–water partition coefficient (Wildman–Crippen LogP) is 5.85. The maximum Gasteiger partial charge on any atom is 0.0922 e. The number of hydrogen-bond donors (Lipinski definition) is 1. The van der Waals surface area contributed by atoms with Crippen LogP contribution in [0.15, 0.2) is 36.4 Å². The van der Waals surface area contributed by atoms with Gasteiger partial charge in [0.2, 0.25) is 0 Å². The van der Waals surface area contributed by atoms with Gasteiger partial charge < -0.3 is 10.0 Å². The Hall–Kier alpha value is -0.800. The number of rotatable bonds is 9. The van der Waals surface area contributed by atoms with Gasteiger partial charge in [0, 0.05) is 17.0 Å². The highest BCUT2D eigenvalue weighted by molar-refractivity contribution is 6.35. The highest BCUT2D eigenvalue weighted by Crippen LogP contribution is 2.29. The van der Waals surface area contributed by atoms with E-state index < -0.39 is 6.10 Å². The van der Waals surface area contributed by atoms with Crippen molar-refractivity contribution in [3.8, 4) is 0 Å². The number of unbranched alkanes of at least 4 members (excludes halogenated alkanes) is 2. The van der Waals surface area contributed by atoms with E-state index in [9.17, 15) is 5.11 Å². The van der Waals surface area contributed by atoms with Gasteiger partial charge in [0.15, 0.2) is 0 Å². The normalized spacial score (nSPS) is 12.4. The van der Waals surface area contributed by atoms with Gasteiger partial charge in [-0.25, -0.2) is 0 Å². The fourth-order valence-corrected chi connectivity index (χ4v) is 3.22. The molecular formula is C20H29Cl2NO. The minimum absolute atomic E-state index is 0. The zero-order chi connectivity index (χ0) is 16.7. The molecule has 134 valence electrons. The second kappa shape index (κ2) is 10.9. The van der Waals surface area contributed by atoms with Gasteiger partial charge in [0.05, 0.1) is 6.10 Å². The lowest BCUT2D eigenvalue weighted by Gasteiger charge is -2.25. The smallest absolute Gasteiger partial charge is 0.0922 e. The van der Waals surface area contributed by atoms with Crippen molar-refractivity contribution < 1.29 is 5.11 Å². The Kier molecular flexibility index (Phi) is 9.68. The van der Waals surface area contributed by atoms with E-state index >= 15 is 0 Å². The molecule has 0 heterocycles. The van der Waals surface area contributed by atoms with Gasteiger partial charge in [0.1, 0.15) is 0 Å². The van der Waals surface area contributed by atoms with Crippen LogP contribution in [0.2, 0.25) is 5.02 Å². The number of fused-ring (bicyclic) bond motifs is 1. The number of hydrogen-bond acceptors (Lipinski definition) is 2. The molecule has 0 aliphatic rings. The van der Waals surface area contributed by atoms with E-state index in [1.807, 2.05) is 36.4 Å². The van der Waals surface area contributed by atoms with E-state index in [0.29, 0.717) is 6.54 Å². The van der Waals surface area contributed by atoms with Crippen molar-refractivity contribution >= 4 is 34.8 Å². The molecular weight excluding hydrogens is 341 g/mol. The Morgan fingerprint density at radius 1 is 0.958 bits per heavy atom. The summed E-state index contributed by atoms with van der Waals surface area (Å²) in [6.07, 6.45) is 4.24. The van der Waals surface area contributed by atoms with Crippen LogP contribution in [0.5, 0.6) is 0 Å². The molecule has 4 heteroatoms. The van der Waals surface area contributed by atoms with Crippen molar-refractivity contribution in [3.63, 3.8) is 0 Å². The van der Waals surface area contributed by atoms with Crippen molar-refractivity contribution in [2.45, 2.75) is 45.6 Å². The first kappa shape index (κ1) is 21.2. The fourth-order valence-electron chi connectivity index (χ4n) is 2.99. The minimum atomic E-state index is -0.481. The molecule has 0 fully saturated rings. The van der Waals surface area contributed by atoms with Gasteiger partial charge in [-0.1, -0.05) is 68.6 Å². The van der Waals surface area contributed by atoms with E-state index in [4.69, 9.17) is 11.6 Å². The molecule has 0 aliphatic carbocycles. The number of aliphatic hydroxyl groups is 1. The van der Waals surface area contributed by atoms with E-state index in [-0.39, 0.29) is 12.4 Å². The Bertz CT molecular complexity index is 610. The third-order valence-corrected chi connectivity index (χ3v) is 4.68. The lowest BCUT2D eigenvalue weighted by Crippen LogP contribution is -2.30. The van der Waals surface area contributed by atoms with Crippen molar-refractivity contribution in [2.75, 3.05) is 19.6 Å². The molecule has 0 bridgehead atoms. The maximum atomic E-state index is 10.8. The molecule has 1 atom stereocenters. The molecule has 1 N–H and O–H groups in total. The van der Waals surface area contributed by atoms with Crippen molar-refractivity contribution in [1.29, 1.82) is 0 Å². The monoisotopic (exact) mass is 369 g/mol. The summed E-state index contributed by atoms with van der Waals surface area (Å²) in [4.78, 5) is 2.39. The third-order valence-electron chi connectivity index (χ3n) is 4.35. The first-order chi connectivity index (χ1) is 11.2. The standard InChI is InChI=1S/C20H28ClNO.ClH/c1-3-5-13-22(14-6-4-2)15-20(23)18-11-7-10-17-16(18)9-8-12-19(17)21;/h7-12,20,23H,3-6,13-15H2,1-2H3;1H. The second-order valence-electron chi connectivity index (χ2n) is 6.21. The molecule has 2 rings (SSSR count). The van der Waals surface area contributed by atoms with Crippen molar-refractivity contribution in [1.82, 2.24) is 4.90 Å². The van der Waals surface area contributed by atoms with E-state index in [1.165, 1.54) is 25.7 Å². The Morgan fingerprint density at radius 3 is 2.17 bits per heavy atom. The van der Waals surface area contributed by atoms with Crippen LogP contribution in [-0.4, -0.2) is 29.6 Å². The minimum Gasteiger partial charge on any atom is -0.387 e. The third kappa shape index (κ3) is 5.63. The SMILES string of the molecule is CCCCN(CCCC)CC(O)c1cccc2c(Cl)cccc12.Cl. The topological polar surface area (TPSA) is 23.5 Å². The zero-order valence-corrected chi connectivity index (χ0v) is 16.2. The van der Waals surface area contributed by atoms with Crippen LogP contribution in [-0.2, 0) is 0 Å². The predicted molar refractivity (Wildman–Crippen MR) is 107 cm³/mol. The van der Waals surface area contributed by atoms with Crippen LogP contribution >= 0.6 is 24.0 Å². The summed E-state index contributed by atoms with van der Waals surface area (Å²) >= 11 is 6.28. The Labute approximate surface area is 157 Å². The van der Waals surface area contributed by atoms with Crippen LogP contribution in [0.4, 0.5) is 0 Å². The molecule has 0 spiro atoms. The average molecular weight is 370 g/mol. The summed E-state index contributed by atoms with van der Waals surface area (Å²) in [5.41, 5.74) is 0.975. The maximum absolute atomic E-state index is 10.8. The number of nitrogens with zero attached hydrogens (tertiary/aromatic N) is 1. The molecule has 2 nitrogen and oxygen atoms in total. The number of benzene rings is 2. The van der Waals surface area contributed by atoms with Gasteiger partial charge in [-0.15, -0.1) is 12.4 Å². The number of aliphatic hydroxyl groups excluding tert-OH is 1. The van der Waals surface area contributed by atoms with Gasteiger partial charge in [-0.2, -0.15) is 0 Å². The molecule has 0 radical (unpaired) electrons. The van der Waals surface area contributed by atoms with E-state index in [0.717, 1.165) is 34.4 Å². The Morgan fingerprint density at radius 2 is 1.54 bits per heavy atom. The summed E-state index contributed by atoms with van der Waals surface area (Å²) in [5, 5.41) is 13.6. The van der Waals surface area contributed by atoms with Crippen LogP contribution in [0, 0.1) is 0 Å². The van der Waals surface area contributed by atoms with Gasteiger partial charge >= 0.3 is 0 Å². The molecule has 0 amide bonds. The quantitative estimate of drug-likeness (QED) is 0.598. The van der Waals surface area contributed by atoms with Gasteiger partial charge in [-0.05, 0) is 42.9 Å².